The lowest BCUT2D eigenvalue weighted by Crippen LogP contribution is -2.44. The summed E-state index contributed by atoms with van der Waals surface area (Å²) in [4.78, 5) is 0. The quantitative estimate of drug-likeness (QED) is 0.883. The Labute approximate surface area is 126 Å². The highest BCUT2D eigenvalue weighted by Crippen LogP contribution is 2.24. The van der Waals surface area contributed by atoms with E-state index >= 15 is 0 Å². The first-order valence-corrected chi connectivity index (χ1v) is 7.12. The minimum atomic E-state index is -0.845. The predicted molar refractivity (Wildman–Crippen MR) is 84.1 cm³/mol. The first kappa shape index (κ1) is 15.1. The molecular weight excluding hydrogens is 260 g/mol. The molecule has 108 valence electrons. The van der Waals surface area contributed by atoms with Crippen molar-refractivity contribution < 1.29 is 4.74 Å². The molecule has 1 atom stereocenters. The van der Waals surface area contributed by atoms with Crippen molar-refractivity contribution in [3.63, 3.8) is 0 Å². The van der Waals surface area contributed by atoms with Gasteiger partial charge in [0.05, 0.1) is 6.07 Å². The van der Waals surface area contributed by atoms with Crippen LogP contribution in [0, 0.1) is 11.3 Å². The number of nitriles is 1. The maximum absolute atomic E-state index is 9.64. The summed E-state index contributed by atoms with van der Waals surface area (Å²) in [5.41, 5.74) is 1.21. The SMILES string of the molecule is CCc1ccccc1OCC(C#N)(NC)c1ccccc1. The highest BCUT2D eigenvalue weighted by molar-refractivity contribution is 5.35. The summed E-state index contributed by atoms with van der Waals surface area (Å²) in [5.74, 6) is 0.839. The van der Waals surface area contributed by atoms with E-state index in [0.717, 1.165) is 23.3 Å². The van der Waals surface area contributed by atoms with Crippen LogP contribution >= 0.6 is 0 Å². The van der Waals surface area contributed by atoms with Gasteiger partial charge in [0.15, 0.2) is 5.54 Å². The Kier molecular flexibility index (Phi) is 4.97. The van der Waals surface area contributed by atoms with Crippen molar-refractivity contribution in [3.8, 4) is 11.8 Å². The fraction of sp³-hybridized carbons (Fsp3) is 0.278. The van der Waals surface area contributed by atoms with Crippen LogP contribution in [-0.2, 0) is 12.0 Å². The van der Waals surface area contributed by atoms with E-state index in [1.54, 1.807) is 7.05 Å². The molecule has 2 aromatic rings. The van der Waals surface area contributed by atoms with Gasteiger partial charge in [-0.05, 0) is 30.7 Å². The molecule has 1 N–H and O–H groups in total. The van der Waals surface area contributed by atoms with E-state index in [2.05, 4.69) is 18.3 Å². The molecule has 0 aliphatic carbocycles. The molecule has 0 aliphatic heterocycles. The van der Waals surface area contributed by atoms with E-state index < -0.39 is 5.54 Å². The Balaban J connectivity index is 2.24. The van der Waals surface area contributed by atoms with Crippen LogP contribution in [0.2, 0.25) is 0 Å². The van der Waals surface area contributed by atoms with Crippen LogP contribution in [0.3, 0.4) is 0 Å². The van der Waals surface area contributed by atoms with E-state index in [-0.39, 0.29) is 6.61 Å². The van der Waals surface area contributed by atoms with Gasteiger partial charge in [-0.2, -0.15) is 5.26 Å². The minimum absolute atomic E-state index is 0.265. The summed E-state index contributed by atoms with van der Waals surface area (Å²) in [5, 5.41) is 12.7. The highest BCUT2D eigenvalue weighted by atomic mass is 16.5. The summed E-state index contributed by atoms with van der Waals surface area (Å²) >= 11 is 0. The third-order valence-electron chi connectivity index (χ3n) is 3.68. The Morgan fingerprint density at radius 1 is 1.10 bits per heavy atom. The summed E-state index contributed by atoms with van der Waals surface area (Å²) in [6, 6.07) is 20.0. The summed E-state index contributed by atoms with van der Waals surface area (Å²) < 4.78 is 5.94. The molecule has 3 heteroatoms. The molecule has 0 heterocycles. The lowest BCUT2D eigenvalue weighted by molar-refractivity contribution is 0.229. The maximum Gasteiger partial charge on any atom is 0.166 e. The zero-order valence-electron chi connectivity index (χ0n) is 12.5. The largest absolute Gasteiger partial charge is 0.490 e. The van der Waals surface area contributed by atoms with Gasteiger partial charge in [-0.25, -0.2) is 0 Å². The van der Waals surface area contributed by atoms with Gasteiger partial charge in [-0.15, -0.1) is 0 Å². The number of likely N-dealkylation sites (N-methyl/N-ethyl adjacent to an activating group) is 1. The van der Waals surface area contributed by atoms with Crippen LogP contribution in [0.5, 0.6) is 5.75 Å². The maximum atomic E-state index is 9.64. The molecular formula is C18H20N2O. The van der Waals surface area contributed by atoms with Crippen molar-refractivity contribution in [1.82, 2.24) is 5.32 Å². The molecule has 0 saturated heterocycles. The van der Waals surface area contributed by atoms with Gasteiger partial charge in [-0.1, -0.05) is 55.5 Å². The minimum Gasteiger partial charge on any atom is -0.490 e. The summed E-state index contributed by atoms with van der Waals surface area (Å²) in [6.45, 7) is 2.36. The number of rotatable bonds is 6. The topological polar surface area (TPSA) is 45.0 Å². The van der Waals surface area contributed by atoms with Crippen LogP contribution in [-0.4, -0.2) is 13.7 Å². The molecule has 1 unspecified atom stereocenters. The van der Waals surface area contributed by atoms with E-state index in [9.17, 15) is 5.26 Å². The van der Waals surface area contributed by atoms with E-state index in [0.29, 0.717) is 0 Å². The normalized spacial score (nSPS) is 13.2. The van der Waals surface area contributed by atoms with Gasteiger partial charge in [0.2, 0.25) is 0 Å². The number of hydrogen-bond acceptors (Lipinski definition) is 3. The van der Waals surface area contributed by atoms with Crippen molar-refractivity contribution >= 4 is 0 Å². The number of nitrogens with one attached hydrogen (secondary N) is 1. The number of nitrogens with zero attached hydrogens (tertiary/aromatic N) is 1. The van der Waals surface area contributed by atoms with Gasteiger partial charge >= 0.3 is 0 Å². The summed E-state index contributed by atoms with van der Waals surface area (Å²) in [6.07, 6.45) is 0.903. The first-order valence-electron chi connectivity index (χ1n) is 7.12. The van der Waals surface area contributed by atoms with Crippen LogP contribution in [0.1, 0.15) is 18.1 Å². The van der Waals surface area contributed by atoms with E-state index in [4.69, 9.17) is 4.74 Å². The molecule has 0 aliphatic rings. The first-order chi connectivity index (χ1) is 10.3. The van der Waals surface area contributed by atoms with Crippen molar-refractivity contribution in [2.24, 2.45) is 0 Å². The molecule has 3 nitrogen and oxygen atoms in total. The van der Waals surface area contributed by atoms with Crippen LogP contribution in [0.25, 0.3) is 0 Å². The highest BCUT2D eigenvalue weighted by Gasteiger charge is 2.31. The smallest absolute Gasteiger partial charge is 0.166 e. The molecule has 2 aromatic carbocycles. The Morgan fingerprint density at radius 2 is 1.76 bits per heavy atom. The van der Waals surface area contributed by atoms with E-state index in [1.807, 2.05) is 54.6 Å². The number of hydrogen-bond donors (Lipinski definition) is 1. The zero-order valence-corrected chi connectivity index (χ0v) is 12.5. The van der Waals surface area contributed by atoms with Gasteiger partial charge in [0.1, 0.15) is 12.4 Å². The van der Waals surface area contributed by atoms with Gasteiger partial charge in [-0.3, -0.25) is 5.32 Å². The lowest BCUT2D eigenvalue weighted by Gasteiger charge is -2.27. The number of benzene rings is 2. The monoisotopic (exact) mass is 280 g/mol. The van der Waals surface area contributed by atoms with Crippen molar-refractivity contribution in [2.75, 3.05) is 13.7 Å². The van der Waals surface area contributed by atoms with Gasteiger partial charge in [0, 0.05) is 0 Å². The van der Waals surface area contributed by atoms with E-state index in [1.165, 1.54) is 0 Å². The van der Waals surface area contributed by atoms with Crippen molar-refractivity contribution in [3.05, 3.63) is 65.7 Å². The zero-order chi connectivity index (χ0) is 15.1. The number of aryl methyl sites for hydroxylation is 1. The third-order valence-corrected chi connectivity index (χ3v) is 3.68. The second-order valence-electron chi connectivity index (χ2n) is 4.88. The second kappa shape index (κ2) is 6.92. The Bertz CT molecular complexity index is 619. The fourth-order valence-electron chi connectivity index (χ4n) is 2.30. The molecule has 0 spiro atoms. The number of ether oxygens (including phenoxy) is 1. The Hall–Kier alpha value is -2.31. The average Bonchev–Trinajstić information content (AvgIpc) is 2.57. The van der Waals surface area contributed by atoms with Crippen molar-refractivity contribution in [1.29, 1.82) is 5.26 Å². The van der Waals surface area contributed by atoms with Crippen LogP contribution < -0.4 is 10.1 Å². The van der Waals surface area contributed by atoms with Gasteiger partial charge < -0.3 is 4.74 Å². The van der Waals surface area contributed by atoms with Crippen LogP contribution in [0.4, 0.5) is 0 Å². The molecule has 0 amide bonds. The molecule has 2 rings (SSSR count). The summed E-state index contributed by atoms with van der Waals surface area (Å²) in [7, 11) is 1.78. The molecule has 0 bridgehead atoms. The van der Waals surface area contributed by atoms with Crippen LogP contribution in [0.15, 0.2) is 54.6 Å². The molecule has 0 fully saturated rings. The fourth-order valence-corrected chi connectivity index (χ4v) is 2.30. The lowest BCUT2D eigenvalue weighted by atomic mass is 9.92. The average molecular weight is 280 g/mol. The molecule has 0 radical (unpaired) electrons. The number of para-hydroxylation sites is 1. The third kappa shape index (κ3) is 3.24. The molecule has 0 saturated carbocycles. The molecule has 21 heavy (non-hydrogen) atoms. The standard InChI is InChI=1S/C18H20N2O/c1-3-15-9-7-8-12-17(15)21-14-18(13-19,20-2)16-10-5-4-6-11-16/h4-12,20H,3,14H2,1-2H3. The second-order valence-corrected chi connectivity index (χ2v) is 4.88. The predicted octanol–water partition coefficient (Wildman–Crippen LogP) is 3.27. The molecule has 0 aromatic heterocycles. The van der Waals surface area contributed by atoms with Gasteiger partial charge in [0.25, 0.3) is 0 Å². The van der Waals surface area contributed by atoms with Crippen molar-refractivity contribution in [2.45, 2.75) is 18.9 Å². The Morgan fingerprint density at radius 3 is 2.38 bits per heavy atom.